The minimum Gasteiger partial charge on any atom is -0.326 e. The molecule has 2 aliphatic carbocycles. The van der Waals surface area contributed by atoms with Crippen molar-refractivity contribution >= 4 is 79.1 Å². The van der Waals surface area contributed by atoms with Gasteiger partial charge in [-0.05, 0) is 201 Å². The maximum atomic E-state index is 13.8. The predicted octanol–water partition coefficient (Wildman–Crippen LogP) is 16.1. The van der Waals surface area contributed by atoms with Gasteiger partial charge in [0.25, 0.3) is 0 Å². The van der Waals surface area contributed by atoms with Gasteiger partial charge >= 0.3 is 0 Å². The summed E-state index contributed by atoms with van der Waals surface area (Å²) in [5.74, 6) is 1.39. The molecule has 2 atom stereocenters. The Bertz CT molecular complexity index is 3000. The summed E-state index contributed by atoms with van der Waals surface area (Å²) in [6.45, 7) is 4.08. The number of hydrogen-bond acceptors (Lipinski definition) is 4. The van der Waals surface area contributed by atoms with E-state index in [2.05, 4.69) is 107 Å². The fourth-order valence-electron chi connectivity index (χ4n) is 10.5. The van der Waals surface area contributed by atoms with Gasteiger partial charge in [-0.3, -0.25) is 19.6 Å². The molecule has 2 heterocycles. The number of fused-ring (bicyclic) bond motifs is 2. The Balaban J connectivity index is 0.000000185. The van der Waals surface area contributed by atoms with Crippen molar-refractivity contribution in [2.45, 2.75) is 91.7 Å². The van der Waals surface area contributed by atoms with Gasteiger partial charge in [0, 0.05) is 62.5 Å². The van der Waals surface area contributed by atoms with Crippen LogP contribution in [0, 0.1) is 29.5 Å². The number of aromatic nitrogens is 2. The summed E-state index contributed by atoms with van der Waals surface area (Å²) in [4.78, 5) is 38.7. The lowest BCUT2D eigenvalue weighted by Crippen LogP contribution is -2.29. The summed E-state index contributed by atoms with van der Waals surface area (Å²) in [5, 5.41) is 9.55. The molecule has 6 nitrogen and oxygen atoms in total. The van der Waals surface area contributed by atoms with Gasteiger partial charge in [-0.25, -0.2) is 4.39 Å². The van der Waals surface area contributed by atoms with Crippen LogP contribution in [-0.4, -0.2) is 21.8 Å². The third kappa shape index (κ3) is 11.7. The zero-order valence-electron chi connectivity index (χ0n) is 39.5. The van der Waals surface area contributed by atoms with E-state index in [1.54, 1.807) is 36.4 Å². The molecule has 10 rings (SSSR count). The molecule has 8 aromatic rings. The minimum atomic E-state index is -0.229. The standard InChI is InChI=1S/C36H33ClN2OS.C24H24ClFN2O/c1-25(36(40)39-29-18-16-28(37)17-19-29)26-12-14-27(15-13-26)33-22-23-38-35-21-20-32(24-34(33)35)41(30-8-4-2-5-9-30)31-10-6-3-7-11-31;1-15(24(29)28-20-9-6-18(25)7-10-20)16-2-4-17(5-3-16)21-12-13-27-23-11-8-19(26)14-22(21)23/h2-11,16-27H,12-15H2,1H3;6-17H,2-5H2,1H3,(H,28,29)/p+1/t25-,26?,27?;15-,16?,17?/m11/s1/i;26-1. The maximum absolute atomic E-state index is 13.8. The number of pyridine rings is 2. The Morgan fingerprint density at radius 1 is 0.514 bits per heavy atom. The van der Waals surface area contributed by atoms with Gasteiger partial charge in [-0.2, -0.15) is 0 Å². The first-order valence-electron chi connectivity index (χ1n) is 24.5. The molecule has 0 aliphatic heterocycles. The molecule has 2 amide bonds. The van der Waals surface area contributed by atoms with E-state index in [0.29, 0.717) is 33.7 Å². The second-order valence-corrected chi connectivity index (χ2v) is 21.8. The molecule has 10 heteroatoms. The summed E-state index contributed by atoms with van der Waals surface area (Å²) in [6, 6.07) is 51.9. The third-order valence-electron chi connectivity index (χ3n) is 14.6. The highest BCUT2D eigenvalue weighted by Gasteiger charge is 2.33. The van der Waals surface area contributed by atoms with E-state index in [9.17, 15) is 14.0 Å². The number of nitrogens with one attached hydrogen (secondary N) is 2. The van der Waals surface area contributed by atoms with Crippen molar-refractivity contribution in [3.8, 4) is 0 Å². The smallest absolute Gasteiger partial charge is 0.227 e. The molecule has 70 heavy (non-hydrogen) atoms. The van der Waals surface area contributed by atoms with Gasteiger partial charge in [0.05, 0.1) is 21.9 Å². The van der Waals surface area contributed by atoms with Crippen LogP contribution in [0.5, 0.6) is 0 Å². The van der Waals surface area contributed by atoms with E-state index in [0.717, 1.165) is 79.2 Å². The quantitative estimate of drug-likeness (QED) is 0.126. The zero-order valence-corrected chi connectivity index (χ0v) is 41.9. The monoisotopic (exact) mass is 986 g/mol. The first-order valence-corrected chi connectivity index (χ1v) is 26.5. The lowest BCUT2D eigenvalue weighted by Gasteiger charge is -2.32. The first-order chi connectivity index (χ1) is 34.1. The van der Waals surface area contributed by atoms with Crippen LogP contribution in [0.1, 0.15) is 88.2 Å². The van der Waals surface area contributed by atoms with Crippen LogP contribution in [0.3, 0.4) is 0 Å². The largest absolute Gasteiger partial charge is 0.326 e. The molecule has 0 unspecified atom stereocenters. The van der Waals surface area contributed by atoms with Crippen molar-refractivity contribution in [3.63, 3.8) is 0 Å². The Hall–Kier alpha value is -6.06. The molecule has 0 radical (unpaired) electrons. The fraction of sp³-hybridized carbons (Fsp3) is 0.267. The Morgan fingerprint density at radius 3 is 1.37 bits per heavy atom. The van der Waals surface area contributed by atoms with E-state index in [1.807, 2.05) is 49.6 Å². The van der Waals surface area contributed by atoms with E-state index in [4.69, 9.17) is 28.2 Å². The molecular weight excluding hydrogens is 930 g/mol. The Morgan fingerprint density at radius 2 is 0.929 bits per heavy atom. The van der Waals surface area contributed by atoms with Gasteiger partial charge < -0.3 is 10.6 Å². The molecule has 2 saturated carbocycles. The van der Waals surface area contributed by atoms with Crippen molar-refractivity contribution in [1.29, 1.82) is 0 Å². The van der Waals surface area contributed by atoms with Gasteiger partial charge in [-0.15, -0.1) is 0 Å². The van der Waals surface area contributed by atoms with Gasteiger partial charge in [0.15, 0.2) is 14.7 Å². The highest BCUT2D eigenvalue weighted by Crippen LogP contribution is 2.43. The van der Waals surface area contributed by atoms with Gasteiger partial charge in [0.2, 0.25) is 11.8 Å². The summed E-state index contributed by atoms with van der Waals surface area (Å²) >= 11 is 11.9. The Labute approximate surface area is 423 Å². The van der Waals surface area contributed by atoms with E-state index >= 15 is 0 Å². The van der Waals surface area contributed by atoms with Crippen molar-refractivity contribution in [2.75, 3.05) is 10.6 Å². The molecule has 2 N–H and O–H groups in total. The minimum absolute atomic E-state index is 0.0360. The van der Waals surface area contributed by atoms with Crippen molar-refractivity contribution in [3.05, 3.63) is 197 Å². The van der Waals surface area contributed by atoms with Gasteiger partial charge in [0.1, 0.15) is 5.82 Å². The van der Waals surface area contributed by atoms with Gasteiger partial charge in [-0.1, -0.05) is 73.4 Å². The number of nitrogens with zero attached hydrogens (tertiary/aromatic N) is 2. The van der Waals surface area contributed by atoms with E-state index < -0.39 is 0 Å². The lowest BCUT2D eigenvalue weighted by atomic mass is 9.73. The number of benzene rings is 6. The second-order valence-electron chi connectivity index (χ2n) is 18.9. The molecule has 2 aliphatic rings. The summed E-state index contributed by atoms with van der Waals surface area (Å²) in [6.07, 6.45) is 12.0. The van der Waals surface area contributed by atoms with Crippen molar-refractivity contribution < 1.29 is 14.0 Å². The summed E-state index contributed by atoms with van der Waals surface area (Å²) in [5.41, 5.74) is 6.01. The molecular formula is C60H58Cl2FN4O2S+. The maximum Gasteiger partial charge on any atom is 0.227 e. The molecule has 0 bridgehead atoms. The molecule has 0 spiro atoms. The first kappa shape index (κ1) is 48.9. The fourth-order valence-corrected chi connectivity index (χ4v) is 12.9. The SMILES string of the molecule is C[C@@H](C(=O)Nc1ccc(Cl)cc1)C1CCC(c2ccnc3ccc([18F])cc23)CC1.C[C@@H](C(=O)Nc1ccc(Cl)cc1)C1CCC(c2ccnc3ccc([S+](c4ccccc4)c4ccccc4)cc23)CC1. The number of rotatable bonds is 11. The summed E-state index contributed by atoms with van der Waals surface area (Å²) < 4.78 is 13.8. The number of carbonyl (C=O) groups excluding carboxylic acids is 2. The normalized spacial score (nSPS) is 18.9. The van der Waals surface area contributed by atoms with Crippen LogP contribution in [-0.2, 0) is 20.5 Å². The lowest BCUT2D eigenvalue weighted by molar-refractivity contribution is -0.122. The van der Waals surface area contributed by atoms with Crippen LogP contribution in [0.25, 0.3) is 21.8 Å². The third-order valence-corrected chi connectivity index (χ3v) is 17.3. The topological polar surface area (TPSA) is 84.0 Å². The second kappa shape index (κ2) is 22.8. The molecule has 2 aromatic heterocycles. The highest BCUT2D eigenvalue weighted by atomic mass is 35.5. The molecule has 0 saturated heterocycles. The average molecular weight is 988 g/mol. The average Bonchev–Trinajstić information content (AvgIpc) is 3.40. The zero-order chi connectivity index (χ0) is 48.6. The number of hydrogen-bond donors (Lipinski definition) is 2. The van der Waals surface area contributed by atoms with Crippen LogP contribution in [0.2, 0.25) is 10.0 Å². The van der Waals surface area contributed by atoms with E-state index in [-0.39, 0.29) is 40.4 Å². The van der Waals surface area contributed by atoms with E-state index in [1.165, 1.54) is 37.3 Å². The molecule has 6 aromatic carbocycles. The number of amides is 2. The van der Waals surface area contributed by atoms with Crippen LogP contribution in [0.4, 0.5) is 15.8 Å². The highest BCUT2D eigenvalue weighted by molar-refractivity contribution is 7.97. The van der Waals surface area contributed by atoms with Crippen LogP contribution in [0.15, 0.2) is 185 Å². The van der Waals surface area contributed by atoms with Crippen molar-refractivity contribution in [1.82, 2.24) is 9.97 Å². The van der Waals surface area contributed by atoms with Crippen molar-refractivity contribution in [2.24, 2.45) is 23.7 Å². The number of carbonyl (C=O) groups is 2. The summed E-state index contributed by atoms with van der Waals surface area (Å²) in [7, 11) is -0.199. The predicted molar refractivity (Wildman–Crippen MR) is 286 cm³/mol. The van der Waals surface area contributed by atoms with Crippen LogP contribution < -0.4 is 10.6 Å². The number of halogens is 3. The molecule has 356 valence electrons. The van der Waals surface area contributed by atoms with Crippen LogP contribution >= 0.6 is 23.2 Å². The molecule has 2 fully saturated rings. The Kier molecular flexibility index (Phi) is 15.9. The number of anilines is 2.